The Bertz CT molecular complexity index is 317. The number of hydrogen-bond acceptors (Lipinski definition) is 2. The zero-order chi connectivity index (χ0) is 11.2. The molecule has 1 aliphatic rings. The third-order valence-corrected chi connectivity index (χ3v) is 2.77. The van der Waals surface area contributed by atoms with E-state index in [0.29, 0.717) is 13.1 Å². The molecule has 0 bridgehead atoms. The summed E-state index contributed by atoms with van der Waals surface area (Å²) in [6, 6.07) is 3.97. The van der Waals surface area contributed by atoms with Crippen molar-refractivity contribution in [2.75, 3.05) is 19.6 Å². The molecule has 2 rings (SSSR count). The van der Waals surface area contributed by atoms with Crippen LogP contribution in [0.25, 0.3) is 0 Å². The third-order valence-electron chi connectivity index (χ3n) is 2.77. The maximum absolute atomic E-state index is 11.4. The second-order valence-corrected chi connectivity index (χ2v) is 4.35. The molecule has 4 heteroatoms. The van der Waals surface area contributed by atoms with Crippen LogP contribution in [-0.2, 0) is 11.3 Å². The van der Waals surface area contributed by atoms with E-state index in [1.54, 1.807) is 0 Å². The lowest BCUT2D eigenvalue weighted by Crippen LogP contribution is -2.36. The molecule has 1 fully saturated rings. The van der Waals surface area contributed by atoms with Crippen molar-refractivity contribution >= 4 is 5.91 Å². The average molecular weight is 221 g/mol. The highest BCUT2D eigenvalue weighted by atomic mass is 16.1. The SMILES string of the molecule is O=C(CNCC1CC1)NCCn1cccc1. The van der Waals surface area contributed by atoms with Gasteiger partial charge in [-0.05, 0) is 37.4 Å². The molecular weight excluding hydrogens is 202 g/mol. The lowest BCUT2D eigenvalue weighted by molar-refractivity contribution is -0.120. The van der Waals surface area contributed by atoms with Gasteiger partial charge in [-0.15, -0.1) is 0 Å². The molecule has 1 heterocycles. The van der Waals surface area contributed by atoms with Crippen molar-refractivity contribution < 1.29 is 4.79 Å². The number of nitrogens with one attached hydrogen (secondary N) is 2. The molecule has 4 nitrogen and oxygen atoms in total. The van der Waals surface area contributed by atoms with Gasteiger partial charge in [-0.2, -0.15) is 0 Å². The number of nitrogens with zero attached hydrogens (tertiary/aromatic N) is 1. The van der Waals surface area contributed by atoms with E-state index in [9.17, 15) is 4.79 Å². The van der Waals surface area contributed by atoms with E-state index in [1.165, 1.54) is 12.8 Å². The summed E-state index contributed by atoms with van der Waals surface area (Å²) < 4.78 is 2.05. The number of carbonyl (C=O) groups is 1. The Labute approximate surface area is 96.0 Å². The first kappa shape index (κ1) is 11.2. The molecule has 1 aliphatic carbocycles. The predicted molar refractivity (Wildman–Crippen MR) is 63.0 cm³/mol. The molecule has 0 aliphatic heterocycles. The first-order valence-corrected chi connectivity index (χ1v) is 5.93. The van der Waals surface area contributed by atoms with Crippen molar-refractivity contribution in [3.63, 3.8) is 0 Å². The standard InChI is InChI=1S/C12H19N3O/c16-12(10-13-9-11-3-4-11)14-5-8-15-6-1-2-7-15/h1-2,6-7,11,13H,3-5,8-10H2,(H,14,16). The van der Waals surface area contributed by atoms with E-state index in [1.807, 2.05) is 24.5 Å². The quantitative estimate of drug-likeness (QED) is 0.708. The van der Waals surface area contributed by atoms with Gasteiger partial charge in [0.15, 0.2) is 0 Å². The lowest BCUT2D eigenvalue weighted by Gasteiger charge is -2.06. The molecule has 0 spiro atoms. The Morgan fingerprint density at radius 3 is 2.75 bits per heavy atom. The average Bonchev–Trinajstić information content (AvgIpc) is 2.94. The van der Waals surface area contributed by atoms with E-state index < -0.39 is 0 Å². The minimum atomic E-state index is 0.0906. The zero-order valence-corrected chi connectivity index (χ0v) is 9.48. The van der Waals surface area contributed by atoms with Crippen molar-refractivity contribution in [2.45, 2.75) is 19.4 Å². The van der Waals surface area contributed by atoms with Crippen LogP contribution in [0.15, 0.2) is 24.5 Å². The van der Waals surface area contributed by atoms with Gasteiger partial charge in [0.05, 0.1) is 6.54 Å². The highest BCUT2D eigenvalue weighted by molar-refractivity contribution is 5.77. The molecular formula is C12H19N3O. The van der Waals surface area contributed by atoms with Crippen LogP contribution in [-0.4, -0.2) is 30.1 Å². The van der Waals surface area contributed by atoms with Crippen molar-refractivity contribution in [3.05, 3.63) is 24.5 Å². The van der Waals surface area contributed by atoms with Crippen LogP contribution in [0.3, 0.4) is 0 Å². The summed E-state index contributed by atoms with van der Waals surface area (Å²) in [4.78, 5) is 11.4. The van der Waals surface area contributed by atoms with Crippen LogP contribution in [0.4, 0.5) is 0 Å². The van der Waals surface area contributed by atoms with E-state index in [4.69, 9.17) is 0 Å². The number of carbonyl (C=O) groups excluding carboxylic acids is 1. The molecule has 0 saturated heterocycles. The van der Waals surface area contributed by atoms with Crippen LogP contribution in [0.2, 0.25) is 0 Å². The van der Waals surface area contributed by atoms with E-state index >= 15 is 0 Å². The van der Waals surface area contributed by atoms with Gasteiger partial charge in [-0.25, -0.2) is 0 Å². The molecule has 88 valence electrons. The van der Waals surface area contributed by atoms with Crippen LogP contribution in [0.5, 0.6) is 0 Å². The monoisotopic (exact) mass is 221 g/mol. The summed E-state index contributed by atoms with van der Waals surface area (Å²) in [7, 11) is 0. The fourth-order valence-corrected chi connectivity index (χ4v) is 1.62. The fourth-order valence-electron chi connectivity index (χ4n) is 1.62. The molecule has 1 aromatic rings. The smallest absolute Gasteiger partial charge is 0.234 e. The van der Waals surface area contributed by atoms with Crippen molar-refractivity contribution in [2.24, 2.45) is 5.92 Å². The second kappa shape index (κ2) is 5.70. The van der Waals surface area contributed by atoms with Gasteiger partial charge in [-0.3, -0.25) is 4.79 Å². The van der Waals surface area contributed by atoms with Crippen molar-refractivity contribution in [3.8, 4) is 0 Å². The third kappa shape index (κ3) is 4.06. The molecule has 16 heavy (non-hydrogen) atoms. The maximum atomic E-state index is 11.4. The molecule has 1 amide bonds. The fraction of sp³-hybridized carbons (Fsp3) is 0.583. The maximum Gasteiger partial charge on any atom is 0.234 e. The number of hydrogen-bond donors (Lipinski definition) is 2. The van der Waals surface area contributed by atoms with Gasteiger partial charge in [0, 0.05) is 25.5 Å². The van der Waals surface area contributed by atoms with E-state index in [-0.39, 0.29) is 5.91 Å². The van der Waals surface area contributed by atoms with Gasteiger partial charge < -0.3 is 15.2 Å². The van der Waals surface area contributed by atoms with Crippen LogP contribution >= 0.6 is 0 Å². The summed E-state index contributed by atoms with van der Waals surface area (Å²) in [6.07, 6.45) is 6.64. The van der Waals surface area contributed by atoms with Gasteiger partial charge in [0.2, 0.25) is 5.91 Å². The Kier molecular flexibility index (Phi) is 3.99. The van der Waals surface area contributed by atoms with E-state index in [2.05, 4.69) is 15.2 Å². The number of rotatable bonds is 7. The lowest BCUT2D eigenvalue weighted by atomic mass is 10.4. The van der Waals surface area contributed by atoms with Gasteiger partial charge in [0.25, 0.3) is 0 Å². The first-order chi connectivity index (χ1) is 7.84. The molecule has 2 N–H and O–H groups in total. The minimum Gasteiger partial charge on any atom is -0.353 e. The van der Waals surface area contributed by atoms with Gasteiger partial charge in [0.1, 0.15) is 0 Å². The molecule has 0 unspecified atom stereocenters. The zero-order valence-electron chi connectivity index (χ0n) is 9.48. The Morgan fingerprint density at radius 1 is 1.31 bits per heavy atom. The number of amides is 1. The molecule has 1 saturated carbocycles. The summed E-state index contributed by atoms with van der Waals surface area (Å²) in [6.45, 7) is 2.97. The molecule has 1 aromatic heterocycles. The Morgan fingerprint density at radius 2 is 2.06 bits per heavy atom. The van der Waals surface area contributed by atoms with Crippen molar-refractivity contribution in [1.82, 2.24) is 15.2 Å². The first-order valence-electron chi connectivity index (χ1n) is 5.93. The Hall–Kier alpha value is -1.29. The Balaban J connectivity index is 1.49. The predicted octanol–water partition coefficient (Wildman–Crippen LogP) is 0.604. The molecule has 0 aromatic carbocycles. The largest absolute Gasteiger partial charge is 0.353 e. The van der Waals surface area contributed by atoms with Crippen LogP contribution < -0.4 is 10.6 Å². The summed E-state index contributed by atoms with van der Waals surface area (Å²) in [5.74, 6) is 0.917. The van der Waals surface area contributed by atoms with E-state index in [0.717, 1.165) is 19.0 Å². The summed E-state index contributed by atoms with van der Waals surface area (Å²) >= 11 is 0. The van der Waals surface area contributed by atoms with Crippen LogP contribution in [0, 0.1) is 5.92 Å². The topological polar surface area (TPSA) is 46.1 Å². The van der Waals surface area contributed by atoms with Crippen molar-refractivity contribution in [1.29, 1.82) is 0 Å². The highest BCUT2D eigenvalue weighted by Crippen LogP contribution is 2.27. The number of aromatic nitrogens is 1. The molecule has 0 atom stereocenters. The molecule has 0 radical (unpaired) electrons. The van der Waals surface area contributed by atoms with Gasteiger partial charge in [-0.1, -0.05) is 0 Å². The summed E-state index contributed by atoms with van der Waals surface area (Å²) in [5, 5.41) is 6.06. The van der Waals surface area contributed by atoms with Crippen LogP contribution in [0.1, 0.15) is 12.8 Å². The van der Waals surface area contributed by atoms with Gasteiger partial charge >= 0.3 is 0 Å². The highest BCUT2D eigenvalue weighted by Gasteiger charge is 2.20. The normalized spacial score (nSPS) is 15.0. The minimum absolute atomic E-state index is 0.0906. The summed E-state index contributed by atoms with van der Waals surface area (Å²) in [5.41, 5.74) is 0. The second-order valence-electron chi connectivity index (χ2n) is 4.35.